The molecule has 0 bridgehead atoms. The Kier molecular flexibility index (Phi) is 4.46. The number of amides is 1. The molecule has 1 amide bonds. The van der Waals surface area contributed by atoms with Crippen LogP contribution in [-0.2, 0) is 17.8 Å². The van der Waals surface area contributed by atoms with Crippen LogP contribution in [0.1, 0.15) is 23.9 Å². The Morgan fingerprint density at radius 3 is 3.12 bits per heavy atom. The predicted octanol–water partition coefficient (Wildman–Crippen LogP) is 1.76. The number of carbonyl (C=O) groups is 1. The van der Waals surface area contributed by atoms with Gasteiger partial charge in [-0.3, -0.25) is 4.79 Å². The van der Waals surface area contributed by atoms with Gasteiger partial charge >= 0.3 is 0 Å². The number of H-pyrrole nitrogens is 1. The average Bonchev–Trinajstić information content (AvgIpc) is 3.29. The summed E-state index contributed by atoms with van der Waals surface area (Å²) in [7, 11) is 0. The minimum Gasteiger partial charge on any atom is -0.347 e. The monoisotopic (exact) mass is 369 g/mol. The van der Waals surface area contributed by atoms with E-state index >= 15 is 0 Å². The summed E-state index contributed by atoms with van der Waals surface area (Å²) in [6.07, 6.45) is 2.47. The van der Waals surface area contributed by atoms with Gasteiger partial charge in [-0.1, -0.05) is 23.9 Å². The van der Waals surface area contributed by atoms with Crippen molar-refractivity contribution < 1.29 is 4.79 Å². The van der Waals surface area contributed by atoms with Gasteiger partial charge in [-0.2, -0.15) is 4.68 Å². The van der Waals surface area contributed by atoms with Crippen molar-refractivity contribution in [3.63, 3.8) is 0 Å². The maximum absolute atomic E-state index is 12.9. The van der Waals surface area contributed by atoms with Crippen LogP contribution in [0.5, 0.6) is 0 Å². The lowest BCUT2D eigenvalue weighted by atomic mass is 10.1. The summed E-state index contributed by atoms with van der Waals surface area (Å²) in [6.45, 7) is 5.17. The Morgan fingerprint density at radius 1 is 1.38 bits per heavy atom. The molecule has 3 aromatic rings. The molecule has 1 aromatic carbocycles. The molecule has 0 aliphatic carbocycles. The number of hydrogen-bond donors (Lipinski definition) is 1. The van der Waals surface area contributed by atoms with E-state index in [1.54, 1.807) is 11.0 Å². The number of tetrazole rings is 1. The van der Waals surface area contributed by atoms with E-state index in [-0.39, 0.29) is 11.2 Å². The van der Waals surface area contributed by atoms with E-state index in [1.165, 1.54) is 11.8 Å². The number of benzene rings is 1. The molecule has 3 heterocycles. The fraction of sp³-hybridized carbons (Fsp3) is 0.353. The van der Waals surface area contributed by atoms with Crippen LogP contribution >= 0.6 is 11.8 Å². The van der Waals surface area contributed by atoms with Crippen molar-refractivity contribution in [1.29, 1.82) is 0 Å². The van der Waals surface area contributed by atoms with Gasteiger partial charge < -0.3 is 9.88 Å². The second-order valence-corrected chi connectivity index (χ2v) is 7.62. The van der Waals surface area contributed by atoms with E-state index in [0.29, 0.717) is 18.2 Å². The molecule has 1 aliphatic heterocycles. The van der Waals surface area contributed by atoms with Crippen LogP contribution in [-0.4, -0.2) is 52.8 Å². The number of aromatic nitrogens is 6. The van der Waals surface area contributed by atoms with Crippen molar-refractivity contribution in [2.75, 3.05) is 6.54 Å². The molecule has 26 heavy (non-hydrogen) atoms. The highest BCUT2D eigenvalue weighted by Gasteiger charge is 2.27. The number of nitrogens with zero attached hydrogens (tertiary/aromatic N) is 6. The van der Waals surface area contributed by atoms with Crippen LogP contribution in [0.4, 0.5) is 0 Å². The van der Waals surface area contributed by atoms with Crippen molar-refractivity contribution in [3.8, 4) is 5.69 Å². The van der Waals surface area contributed by atoms with Gasteiger partial charge in [0.1, 0.15) is 0 Å². The van der Waals surface area contributed by atoms with E-state index in [2.05, 4.69) is 25.5 Å². The highest BCUT2D eigenvalue weighted by Crippen LogP contribution is 2.26. The van der Waals surface area contributed by atoms with Crippen molar-refractivity contribution in [2.45, 2.75) is 37.2 Å². The summed E-state index contributed by atoms with van der Waals surface area (Å²) in [5.41, 5.74) is 4.09. The normalized spacial score (nSPS) is 14.9. The predicted molar refractivity (Wildman–Crippen MR) is 96.9 cm³/mol. The molecule has 1 N–H and O–H groups in total. The molecule has 0 radical (unpaired) electrons. The molecule has 0 spiro atoms. The first-order chi connectivity index (χ1) is 12.6. The van der Waals surface area contributed by atoms with Gasteiger partial charge in [-0.25, -0.2) is 4.98 Å². The Morgan fingerprint density at radius 2 is 2.27 bits per heavy atom. The Hall–Kier alpha value is -2.68. The SMILES string of the molecule is Cc1cccc(-n2nnnc2S[C@H](C)C(=O)N2CCc3nc[nH]c3C2)c1. The minimum atomic E-state index is -0.283. The van der Waals surface area contributed by atoms with Crippen molar-refractivity contribution in [1.82, 2.24) is 35.1 Å². The maximum atomic E-state index is 12.9. The van der Waals surface area contributed by atoms with Gasteiger partial charge in [-0.15, -0.1) is 5.10 Å². The van der Waals surface area contributed by atoms with E-state index in [9.17, 15) is 4.79 Å². The first-order valence-electron chi connectivity index (χ1n) is 8.44. The van der Waals surface area contributed by atoms with Crippen LogP contribution in [0.2, 0.25) is 0 Å². The molecule has 1 aliphatic rings. The number of nitrogens with one attached hydrogen (secondary N) is 1. The zero-order valence-corrected chi connectivity index (χ0v) is 15.4. The zero-order valence-electron chi connectivity index (χ0n) is 14.6. The summed E-state index contributed by atoms with van der Waals surface area (Å²) in [6, 6.07) is 7.94. The lowest BCUT2D eigenvalue weighted by Gasteiger charge is -2.28. The van der Waals surface area contributed by atoms with Crippen molar-refractivity contribution in [2.24, 2.45) is 0 Å². The molecule has 1 atom stereocenters. The summed E-state index contributed by atoms with van der Waals surface area (Å²) in [4.78, 5) is 22.1. The van der Waals surface area contributed by atoms with Crippen LogP contribution in [0.3, 0.4) is 0 Å². The Balaban J connectivity index is 1.48. The van der Waals surface area contributed by atoms with E-state index in [0.717, 1.165) is 29.1 Å². The quantitative estimate of drug-likeness (QED) is 0.705. The standard InChI is InChI=1S/C17H19N7OS/c1-11-4-3-5-13(8-11)24-17(20-21-22-24)26-12(2)16(25)23-7-6-14-15(9-23)19-10-18-14/h3-5,8,10,12H,6-7,9H2,1-2H3,(H,18,19)/t12-/m1/s1. The highest BCUT2D eigenvalue weighted by atomic mass is 32.2. The van der Waals surface area contributed by atoms with Gasteiger partial charge in [0.15, 0.2) is 0 Å². The molecular formula is C17H19N7OS. The number of hydrogen-bond acceptors (Lipinski definition) is 6. The number of aromatic amines is 1. The first-order valence-corrected chi connectivity index (χ1v) is 9.32. The fourth-order valence-electron chi connectivity index (χ4n) is 3.04. The van der Waals surface area contributed by atoms with Crippen LogP contribution in [0, 0.1) is 6.92 Å². The summed E-state index contributed by atoms with van der Waals surface area (Å²) < 4.78 is 1.67. The van der Waals surface area contributed by atoms with Crippen molar-refractivity contribution in [3.05, 3.63) is 47.5 Å². The van der Waals surface area contributed by atoms with E-state index in [1.807, 2.05) is 43.0 Å². The second kappa shape index (κ2) is 6.91. The molecule has 4 rings (SSSR count). The average molecular weight is 369 g/mol. The summed E-state index contributed by atoms with van der Waals surface area (Å²) in [5.74, 6) is 0.0778. The number of imidazole rings is 1. The maximum Gasteiger partial charge on any atom is 0.236 e. The fourth-order valence-corrected chi connectivity index (χ4v) is 3.93. The van der Waals surface area contributed by atoms with Gasteiger partial charge in [0.2, 0.25) is 11.1 Å². The molecule has 8 nitrogen and oxygen atoms in total. The number of carbonyl (C=O) groups excluding carboxylic acids is 1. The third kappa shape index (κ3) is 3.22. The lowest BCUT2D eigenvalue weighted by Crippen LogP contribution is -2.40. The smallest absolute Gasteiger partial charge is 0.236 e. The number of rotatable bonds is 4. The first kappa shape index (κ1) is 16.8. The molecule has 2 aromatic heterocycles. The number of thioether (sulfide) groups is 1. The molecule has 0 saturated heterocycles. The van der Waals surface area contributed by atoms with Crippen LogP contribution in [0.15, 0.2) is 35.7 Å². The summed E-state index contributed by atoms with van der Waals surface area (Å²) >= 11 is 1.37. The van der Waals surface area contributed by atoms with Crippen molar-refractivity contribution >= 4 is 17.7 Å². The Labute approximate surface area is 155 Å². The van der Waals surface area contributed by atoms with E-state index in [4.69, 9.17) is 0 Å². The third-order valence-electron chi connectivity index (χ3n) is 4.40. The largest absolute Gasteiger partial charge is 0.347 e. The van der Waals surface area contributed by atoms with E-state index < -0.39 is 0 Å². The minimum absolute atomic E-state index is 0.0778. The third-order valence-corrected chi connectivity index (χ3v) is 5.42. The second-order valence-electron chi connectivity index (χ2n) is 6.31. The molecular weight excluding hydrogens is 350 g/mol. The number of fused-ring (bicyclic) bond motifs is 1. The van der Waals surface area contributed by atoms with Gasteiger partial charge in [0.05, 0.1) is 35.2 Å². The molecule has 0 unspecified atom stereocenters. The zero-order chi connectivity index (χ0) is 18.1. The Bertz CT molecular complexity index is 935. The van der Waals surface area contributed by atoms with Gasteiger partial charge in [-0.05, 0) is 42.0 Å². The summed E-state index contributed by atoms with van der Waals surface area (Å²) in [5, 5.41) is 12.3. The number of aryl methyl sites for hydroxylation is 1. The van der Waals surface area contributed by atoms with Crippen LogP contribution in [0.25, 0.3) is 5.69 Å². The highest BCUT2D eigenvalue weighted by molar-refractivity contribution is 8.00. The molecule has 0 fully saturated rings. The van der Waals surface area contributed by atoms with Crippen LogP contribution < -0.4 is 0 Å². The lowest BCUT2D eigenvalue weighted by molar-refractivity contribution is -0.131. The molecule has 134 valence electrons. The molecule has 0 saturated carbocycles. The van der Waals surface area contributed by atoms with Gasteiger partial charge in [0.25, 0.3) is 0 Å². The molecule has 9 heteroatoms. The topological polar surface area (TPSA) is 92.6 Å². The van der Waals surface area contributed by atoms with Gasteiger partial charge in [0, 0.05) is 13.0 Å².